The summed E-state index contributed by atoms with van der Waals surface area (Å²) in [5.41, 5.74) is 1.88. The van der Waals surface area contributed by atoms with E-state index in [1.807, 2.05) is 23.1 Å². The van der Waals surface area contributed by atoms with Gasteiger partial charge in [-0.3, -0.25) is 4.79 Å². The average Bonchev–Trinajstić information content (AvgIpc) is 3.28. The van der Waals surface area contributed by atoms with E-state index >= 15 is 0 Å². The molecule has 0 unspecified atom stereocenters. The minimum atomic E-state index is 0.115. The number of hydrogen-bond donors (Lipinski definition) is 0. The molecule has 142 valence electrons. The van der Waals surface area contributed by atoms with Crippen LogP contribution in [0.15, 0.2) is 36.5 Å². The third-order valence-corrected chi connectivity index (χ3v) is 5.26. The zero-order valence-corrected chi connectivity index (χ0v) is 15.7. The van der Waals surface area contributed by atoms with Crippen molar-refractivity contribution in [2.24, 2.45) is 0 Å². The Balaban J connectivity index is 1.45. The Hall–Kier alpha value is -2.83. The molecule has 0 spiro atoms. The Labute approximate surface area is 159 Å². The minimum Gasteiger partial charge on any atom is -0.481 e. The van der Waals surface area contributed by atoms with E-state index in [9.17, 15) is 4.79 Å². The van der Waals surface area contributed by atoms with Crippen LogP contribution >= 0.6 is 0 Å². The molecule has 2 fully saturated rings. The van der Waals surface area contributed by atoms with Gasteiger partial charge in [0.05, 0.1) is 12.7 Å². The van der Waals surface area contributed by atoms with Gasteiger partial charge in [-0.05, 0) is 25.0 Å². The van der Waals surface area contributed by atoms with Crippen molar-refractivity contribution in [2.75, 3.05) is 56.2 Å². The summed E-state index contributed by atoms with van der Waals surface area (Å²) in [7, 11) is 1.60. The second kappa shape index (κ2) is 7.82. The van der Waals surface area contributed by atoms with E-state index in [0.717, 1.165) is 24.3 Å². The van der Waals surface area contributed by atoms with Gasteiger partial charge in [-0.25, -0.2) is 4.98 Å². The van der Waals surface area contributed by atoms with Gasteiger partial charge in [-0.2, -0.15) is 4.98 Å². The van der Waals surface area contributed by atoms with Crippen LogP contribution in [0, 0.1) is 0 Å². The number of carbonyl (C=O) groups is 1. The van der Waals surface area contributed by atoms with E-state index in [2.05, 4.69) is 25.8 Å². The standard InChI is InChI=1S/C20H25N5O2/c1-27-18-8-9-21-20(22-18)25-14-12-24(13-15-25)19(26)16-6-2-3-7-17(16)23-10-4-5-11-23/h2-3,6-9H,4-5,10-15H2,1H3. The fourth-order valence-corrected chi connectivity index (χ4v) is 3.77. The van der Waals surface area contributed by atoms with Gasteiger partial charge in [0.2, 0.25) is 11.8 Å². The lowest BCUT2D eigenvalue weighted by Gasteiger charge is -2.35. The van der Waals surface area contributed by atoms with Gasteiger partial charge in [0.1, 0.15) is 0 Å². The van der Waals surface area contributed by atoms with Gasteiger partial charge in [-0.15, -0.1) is 0 Å². The summed E-state index contributed by atoms with van der Waals surface area (Å²) in [6, 6.07) is 9.72. The summed E-state index contributed by atoms with van der Waals surface area (Å²) in [4.78, 5) is 28.2. The van der Waals surface area contributed by atoms with Crippen molar-refractivity contribution in [3.05, 3.63) is 42.1 Å². The molecule has 2 aliphatic heterocycles. The number of para-hydroxylation sites is 1. The SMILES string of the molecule is COc1ccnc(N2CCN(C(=O)c3ccccc3N3CCCC3)CC2)n1. The van der Waals surface area contributed by atoms with Crippen molar-refractivity contribution in [1.29, 1.82) is 0 Å². The second-order valence-corrected chi connectivity index (χ2v) is 6.89. The summed E-state index contributed by atoms with van der Waals surface area (Å²) < 4.78 is 5.18. The Kier molecular flexibility index (Phi) is 5.09. The van der Waals surface area contributed by atoms with Crippen LogP contribution in [0.3, 0.4) is 0 Å². The molecule has 1 aromatic carbocycles. The van der Waals surface area contributed by atoms with Gasteiger partial charge < -0.3 is 19.4 Å². The number of ether oxygens (including phenoxy) is 1. The van der Waals surface area contributed by atoms with Crippen molar-refractivity contribution in [3.8, 4) is 5.88 Å². The van der Waals surface area contributed by atoms with E-state index in [1.165, 1.54) is 12.8 Å². The maximum absolute atomic E-state index is 13.2. The molecule has 0 N–H and O–H groups in total. The maximum atomic E-state index is 13.2. The first kappa shape index (κ1) is 17.6. The average molecular weight is 367 g/mol. The zero-order chi connectivity index (χ0) is 18.6. The van der Waals surface area contributed by atoms with Crippen molar-refractivity contribution in [1.82, 2.24) is 14.9 Å². The number of amides is 1. The van der Waals surface area contributed by atoms with Crippen LogP contribution in [0.2, 0.25) is 0 Å². The van der Waals surface area contributed by atoms with Gasteiger partial charge in [0.15, 0.2) is 0 Å². The Morgan fingerprint density at radius 3 is 2.44 bits per heavy atom. The van der Waals surface area contributed by atoms with Crippen LogP contribution in [-0.2, 0) is 0 Å². The van der Waals surface area contributed by atoms with Crippen LogP contribution < -0.4 is 14.5 Å². The lowest BCUT2D eigenvalue weighted by atomic mass is 10.1. The van der Waals surface area contributed by atoms with Crippen LogP contribution in [0.4, 0.5) is 11.6 Å². The predicted octanol–water partition coefficient (Wildman–Crippen LogP) is 2.05. The number of aromatic nitrogens is 2. The molecule has 27 heavy (non-hydrogen) atoms. The highest BCUT2D eigenvalue weighted by Crippen LogP contribution is 2.26. The molecule has 2 aliphatic rings. The van der Waals surface area contributed by atoms with E-state index in [1.54, 1.807) is 19.4 Å². The first-order valence-electron chi connectivity index (χ1n) is 9.51. The van der Waals surface area contributed by atoms with Gasteiger partial charge in [-0.1, -0.05) is 12.1 Å². The number of nitrogens with zero attached hydrogens (tertiary/aromatic N) is 5. The summed E-state index contributed by atoms with van der Waals surface area (Å²) in [6.45, 7) is 4.81. The van der Waals surface area contributed by atoms with Crippen LogP contribution in [0.25, 0.3) is 0 Å². The molecule has 7 heteroatoms. The first-order chi connectivity index (χ1) is 13.3. The molecule has 0 saturated carbocycles. The van der Waals surface area contributed by atoms with E-state index in [0.29, 0.717) is 38.0 Å². The van der Waals surface area contributed by atoms with E-state index < -0.39 is 0 Å². The lowest BCUT2D eigenvalue weighted by molar-refractivity contribution is 0.0747. The minimum absolute atomic E-state index is 0.115. The molecule has 7 nitrogen and oxygen atoms in total. The Bertz CT molecular complexity index is 798. The molecule has 0 aliphatic carbocycles. The van der Waals surface area contributed by atoms with Crippen LogP contribution in [0.5, 0.6) is 5.88 Å². The molecular weight excluding hydrogens is 342 g/mol. The van der Waals surface area contributed by atoms with Gasteiger partial charge in [0, 0.05) is 57.2 Å². The summed E-state index contributed by atoms with van der Waals surface area (Å²) >= 11 is 0. The molecule has 3 heterocycles. The molecule has 1 amide bonds. The maximum Gasteiger partial charge on any atom is 0.256 e. The normalized spacial score (nSPS) is 17.3. The third-order valence-electron chi connectivity index (χ3n) is 5.26. The fraction of sp³-hybridized carbons (Fsp3) is 0.450. The van der Waals surface area contributed by atoms with E-state index in [4.69, 9.17) is 4.74 Å². The second-order valence-electron chi connectivity index (χ2n) is 6.89. The number of rotatable bonds is 4. The van der Waals surface area contributed by atoms with Gasteiger partial charge in [0.25, 0.3) is 5.91 Å². The topological polar surface area (TPSA) is 61.8 Å². The number of anilines is 2. The molecule has 2 saturated heterocycles. The van der Waals surface area contributed by atoms with Gasteiger partial charge >= 0.3 is 0 Å². The lowest BCUT2D eigenvalue weighted by Crippen LogP contribution is -2.49. The van der Waals surface area contributed by atoms with Crippen molar-refractivity contribution < 1.29 is 9.53 Å². The number of benzene rings is 1. The molecule has 0 atom stereocenters. The largest absolute Gasteiger partial charge is 0.481 e. The highest BCUT2D eigenvalue weighted by molar-refractivity contribution is 6.00. The smallest absolute Gasteiger partial charge is 0.256 e. The highest BCUT2D eigenvalue weighted by Gasteiger charge is 2.26. The molecule has 4 rings (SSSR count). The molecule has 0 radical (unpaired) electrons. The number of methoxy groups -OCH3 is 1. The van der Waals surface area contributed by atoms with Crippen molar-refractivity contribution >= 4 is 17.5 Å². The zero-order valence-electron chi connectivity index (χ0n) is 15.7. The Morgan fingerprint density at radius 1 is 0.963 bits per heavy atom. The Morgan fingerprint density at radius 2 is 1.70 bits per heavy atom. The molecule has 0 bridgehead atoms. The number of carbonyl (C=O) groups excluding carboxylic acids is 1. The number of hydrogen-bond acceptors (Lipinski definition) is 6. The summed E-state index contributed by atoms with van der Waals surface area (Å²) in [5.74, 6) is 1.32. The fourth-order valence-electron chi connectivity index (χ4n) is 3.77. The first-order valence-corrected chi connectivity index (χ1v) is 9.51. The molecule has 1 aromatic heterocycles. The highest BCUT2D eigenvalue weighted by atomic mass is 16.5. The van der Waals surface area contributed by atoms with Crippen molar-refractivity contribution in [3.63, 3.8) is 0 Å². The molecular formula is C20H25N5O2. The summed E-state index contributed by atoms with van der Waals surface area (Å²) in [5, 5.41) is 0. The summed E-state index contributed by atoms with van der Waals surface area (Å²) in [6.07, 6.45) is 4.09. The number of piperazine rings is 1. The van der Waals surface area contributed by atoms with Crippen LogP contribution in [0.1, 0.15) is 23.2 Å². The quantitative estimate of drug-likeness (QED) is 0.824. The van der Waals surface area contributed by atoms with Crippen LogP contribution in [-0.4, -0.2) is 67.2 Å². The van der Waals surface area contributed by atoms with Crippen molar-refractivity contribution in [2.45, 2.75) is 12.8 Å². The van der Waals surface area contributed by atoms with E-state index in [-0.39, 0.29) is 5.91 Å². The third kappa shape index (κ3) is 3.67. The molecule has 2 aromatic rings. The predicted molar refractivity (Wildman–Crippen MR) is 105 cm³/mol. The monoisotopic (exact) mass is 367 g/mol.